The van der Waals surface area contributed by atoms with Gasteiger partial charge in [-0.15, -0.1) is 0 Å². The Morgan fingerprint density at radius 1 is 1.41 bits per heavy atom. The van der Waals surface area contributed by atoms with E-state index in [1.807, 2.05) is 19.1 Å². The van der Waals surface area contributed by atoms with Gasteiger partial charge in [-0.25, -0.2) is 0 Å². The van der Waals surface area contributed by atoms with Gasteiger partial charge in [0.25, 0.3) is 0 Å². The molecular weight excluding hydrogens is 418 g/mol. The van der Waals surface area contributed by atoms with Crippen LogP contribution in [0.1, 0.15) is 31.4 Å². The maximum absolute atomic E-state index is 9.87. The zero-order chi connectivity index (χ0) is 17.1. The van der Waals surface area contributed by atoms with Crippen LogP contribution in [-0.2, 0) is 16.0 Å². The number of carboxylic acids is 1. The first-order valence-corrected chi connectivity index (χ1v) is 8.39. The molecule has 0 saturated heterocycles. The van der Waals surface area contributed by atoms with Crippen LogP contribution in [0.25, 0.3) is 0 Å². The highest BCUT2D eigenvalue weighted by Crippen LogP contribution is 2.27. The standard InChI is InChI=1S/C11H11Br2NO.C4H6O3/c1-2-15-11-6-8(3-4-12)10(13)5-9(11)7-14;1-3(5)2-4(6)7/h5-6H,2-4H2,1H3;2H2,1H3,(H,6,7). The first-order valence-electron chi connectivity index (χ1n) is 6.48. The van der Waals surface area contributed by atoms with Crippen LogP contribution in [0.4, 0.5) is 0 Å². The molecule has 0 unspecified atom stereocenters. The molecule has 0 aliphatic carbocycles. The molecule has 120 valence electrons. The van der Waals surface area contributed by atoms with E-state index in [1.54, 1.807) is 0 Å². The Labute approximate surface area is 146 Å². The Hall–Kier alpha value is -1.39. The first kappa shape index (κ1) is 20.6. The second-order valence-corrected chi connectivity index (χ2v) is 5.84. The van der Waals surface area contributed by atoms with Crippen molar-refractivity contribution < 1.29 is 19.4 Å². The minimum atomic E-state index is -1.06. The molecule has 0 aliphatic rings. The molecule has 0 spiro atoms. The molecule has 7 heteroatoms. The highest BCUT2D eigenvalue weighted by Gasteiger charge is 2.08. The van der Waals surface area contributed by atoms with E-state index < -0.39 is 5.97 Å². The van der Waals surface area contributed by atoms with E-state index in [2.05, 4.69) is 37.9 Å². The summed E-state index contributed by atoms with van der Waals surface area (Å²) in [6, 6.07) is 5.86. The number of Topliss-reactive ketones (excluding diaryl/α,β-unsaturated/α-hetero) is 1. The number of aryl methyl sites for hydroxylation is 1. The first-order chi connectivity index (χ1) is 10.3. The van der Waals surface area contributed by atoms with Crippen molar-refractivity contribution in [2.45, 2.75) is 26.7 Å². The molecule has 0 aliphatic heterocycles. The van der Waals surface area contributed by atoms with E-state index >= 15 is 0 Å². The molecule has 0 fully saturated rings. The second kappa shape index (κ2) is 11.2. The zero-order valence-electron chi connectivity index (χ0n) is 12.4. The molecule has 0 bridgehead atoms. The van der Waals surface area contributed by atoms with E-state index in [0.29, 0.717) is 17.9 Å². The largest absolute Gasteiger partial charge is 0.492 e. The van der Waals surface area contributed by atoms with Crippen molar-refractivity contribution in [3.8, 4) is 11.8 Å². The number of hydrogen-bond acceptors (Lipinski definition) is 4. The fourth-order valence-electron chi connectivity index (χ4n) is 1.46. The fourth-order valence-corrected chi connectivity index (χ4v) is 2.43. The van der Waals surface area contributed by atoms with E-state index in [1.165, 1.54) is 6.92 Å². The van der Waals surface area contributed by atoms with E-state index in [4.69, 9.17) is 15.1 Å². The molecule has 1 aromatic carbocycles. The normalized spacial score (nSPS) is 9.23. The Morgan fingerprint density at radius 3 is 2.41 bits per heavy atom. The quantitative estimate of drug-likeness (QED) is 0.544. The van der Waals surface area contributed by atoms with Gasteiger partial charge < -0.3 is 9.84 Å². The van der Waals surface area contributed by atoms with Crippen LogP contribution >= 0.6 is 31.9 Å². The SMILES string of the molecule is CC(=O)CC(=O)O.CCOc1cc(CCBr)c(Br)cc1C#N. The lowest BCUT2D eigenvalue weighted by Gasteiger charge is -2.09. The van der Waals surface area contributed by atoms with E-state index in [9.17, 15) is 9.59 Å². The van der Waals surface area contributed by atoms with Gasteiger partial charge >= 0.3 is 5.97 Å². The highest BCUT2D eigenvalue weighted by molar-refractivity contribution is 9.10. The number of halogens is 2. The minimum absolute atomic E-state index is 0.312. The highest BCUT2D eigenvalue weighted by atomic mass is 79.9. The summed E-state index contributed by atoms with van der Waals surface area (Å²) in [7, 11) is 0. The Kier molecular flexibility index (Phi) is 10.5. The van der Waals surface area contributed by atoms with Gasteiger partial charge in [-0.3, -0.25) is 9.59 Å². The number of carbonyl (C=O) groups is 2. The lowest BCUT2D eigenvalue weighted by molar-refractivity contribution is -0.139. The number of rotatable bonds is 6. The van der Waals surface area contributed by atoms with Crippen molar-refractivity contribution in [2.24, 2.45) is 0 Å². The molecule has 1 N–H and O–H groups in total. The number of ketones is 1. The van der Waals surface area contributed by atoms with Crippen LogP contribution < -0.4 is 4.74 Å². The predicted molar refractivity (Wildman–Crippen MR) is 90.5 cm³/mol. The van der Waals surface area contributed by atoms with Crippen LogP contribution in [0.5, 0.6) is 5.75 Å². The third kappa shape index (κ3) is 8.15. The fraction of sp³-hybridized carbons (Fsp3) is 0.400. The van der Waals surface area contributed by atoms with Gasteiger partial charge in [0.2, 0.25) is 0 Å². The van der Waals surface area contributed by atoms with Crippen LogP contribution in [0, 0.1) is 11.3 Å². The molecule has 22 heavy (non-hydrogen) atoms. The van der Waals surface area contributed by atoms with Crippen molar-refractivity contribution in [1.82, 2.24) is 0 Å². The number of benzene rings is 1. The molecule has 0 saturated carbocycles. The third-order valence-electron chi connectivity index (χ3n) is 2.33. The molecule has 0 atom stereocenters. The van der Waals surface area contributed by atoms with Crippen molar-refractivity contribution in [3.05, 3.63) is 27.7 Å². The minimum Gasteiger partial charge on any atom is -0.492 e. The molecule has 0 heterocycles. The molecule has 0 radical (unpaired) electrons. The van der Waals surface area contributed by atoms with Gasteiger partial charge in [0.15, 0.2) is 0 Å². The third-order valence-corrected chi connectivity index (χ3v) is 3.47. The number of ether oxygens (including phenoxy) is 1. The van der Waals surface area contributed by atoms with Crippen molar-refractivity contribution in [1.29, 1.82) is 5.26 Å². The monoisotopic (exact) mass is 433 g/mol. The lowest BCUT2D eigenvalue weighted by Crippen LogP contribution is -2.00. The summed E-state index contributed by atoms with van der Waals surface area (Å²) in [5, 5.41) is 17.7. The lowest BCUT2D eigenvalue weighted by atomic mass is 10.1. The summed E-state index contributed by atoms with van der Waals surface area (Å²) in [4.78, 5) is 19.5. The molecule has 5 nitrogen and oxygen atoms in total. The maximum Gasteiger partial charge on any atom is 0.310 e. The summed E-state index contributed by atoms with van der Waals surface area (Å²) < 4.78 is 6.37. The number of aliphatic carboxylic acids is 1. The van der Waals surface area contributed by atoms with E-state index in [-0.39, 0.29) is 12.2 Å². The van der Waals surface area contributed by atoms with Gasteiger partial charge in [-0.2, -0.15) is 5.26 Å². The summed E-state index contributed by atoms with van der Waals surface area (Å²) in [5.74, 6) is -0.709. The average Bonchev–Trinajstić information content (AvgIpc) is 2.41. The number of hydrogen-bond donors (Lipinski definition) is 1. The number of carboxylic acid groups (broad SMARTS) is 1. The molecule has 0 amide bonds. The van der Waals surface area contributed by atoms with Crippen LogP contribution in [0.3, 0.4) is 0 Å². The van der Waals surface area contributed by atoms with Gasteiger partial charge in [-0.05, 0) is 38.0 Å². The van der Waals surface area contributed by atoms with Crippen LogP contribution in [-0.4, -0.2) is 28.8 Å². The Balaban J connectivity index is 0.000000534. The van der Waals surface area contributed by atoms with Crippen LogP contribution in [0.2, 0.25) is 0 Å². The number of alkyl halides is 1. The molecule has 0 aromatic heterocycles. The number of nitriles is 1. The van der Waals surface area contributed by atoms with Crippen molar-refractivity contribution in [2.75, 3.05) is 11.9 Å². The summed E-state index contributed by atoms with van der Waals surface area (Å²) in [6.45, 7) is 3.73. The predicted octanol–water partition coefficient (Wildman–Crippen LogP) is 3.71. The number of nitrogens with zero attached hydrogens (tertiary/aromatic N) is 1. The van der Waals surface area contributed by atoms with Gasteiger partial charge in [-0.1, -0.05) is 31.9 Å². The Bertz CT molecular complexity index is 555. The maximum atomic E-state index is 9.87. The topological polar surface area (TPSA) is 87.4 Å². The average molecular weight is 435 g/mol. The van der Waals surface area contributed by atoms with Crippen molar-refractivity contribution in [3.63, 3.8) is 0 Å². The van der Waals surface area contributed by atoms with Gasteiger partial charge in [0.05, 0.1) is 12.2 Å². The van der Waals surface area contributed by atoms with Gasteiger partial charge in [0, 0.05) is 9.80 Å². The Morgan fingerprint density at radius 2 is 2.05 bits per heavy atom. The van der Waals surface area contributed by atoms with E-state index in [0.717, 1.165) is 21.8 Å². The van der Waals surface area contributed by atoms with Gasteiger partial charge in [0.1, 0.15) is 24.0 Å². The van der Waals surface area contributed by atoms with Crippen LogP contribution in [0.15, 0.2) is 16.6 Å². The zero-order valence-corrected chi connectivity index (χ0v) is 15.5. The summed E-state index contributed by atoms with van der Waals surface area (Å²) in [5.41, 5.74) is 1.72. The number of carbonyl (C=O) groups excluding carboxylic acids is 1. The molecule has 1 aromatic rings. The smallest absolute Gasteiger partial charge is 0.310 e. The second-order valence-electron chi connectivity index (χ2n) is 4.20. The summed E-state index contributed by atoms with van der Waals surface area (Å²) in [6.07, 6.45) is 0.548. The molecular formula is C15H17Br2NO4. The van der Waals surface area contributed by atoms with Crippen molar-refractivity contribution >= 4 is 43.6 Å². The molecule has 1 rings (SSSR count). The summed E-state index contributed by atoms with van der Waals surface area (Å²) >= 11 is 6.84.